The summed E-state index contributed by atoms with van der Waals surface area (Å²) in [5.74, 6) is -1.32. The average molecular weight is 845 g/mol. The van der Waals surface area contributed by atoms with Gasteiger partial charge in [-0.05, 0) is 0 Å². The normalized spacial score (nSPS) is 12.7. The fraction of sp³-hybridized carbons (Fsp3) is 0. The van der Waals surface area contributed by atoms with Crippen LogP contribution in [0, 0.1) is 0 Å². The molecule has 9 rings (SSSR count). The molecule has 62 heavy (non-hydrogen) atoms. The van der Waals surface area contributed by atoms with Crippen LogP contribution in [-0.4, -0.2) is 11.9 Å². The molecule has 0 heterocycles. The molecule has 9 aromatic rings. The maximum atomic E-state index is 15.8. The van der Waals surface area contributed by atoms with Crippen LogP contribution in [0.25, 0.3) is 0 Å². The molecule has 0 atom stereocenters. The van der Waals surface area contributed by atoms with E-state index in [0.717, 1.165) is 42.4 Å². The summed E-state index contributed by atoms with van der Waals surface area (Å²) in [5, 5.41) is 6.68. The fourth-order valence-electron chi connectivity index (χ4n) is 9.18. The maximum absolute atomic E-state index is 15.8. The molecule has 0 aliphatic carbocycles. The third kappa shape index (κ3) is 6.14. The monoisotopic (exact) mass is 844 g/mol. The first-order chi connectivity index (χ1) is 30.5. The summed E-state index contributed by atoms with van der Waals surface area (Å²) in [4.78, 5) is 31.6. The Balaban J connectivity index is 0.00000306. The van der Waals surface area contributed by atoms with Crippen molar-refractivity contribution in [1.29, 1.82) is 0 Å². The summed E-state index contributed by atoms with van der Waals surface area (Å²) in [6.45, 7) is -8.93. The Labute approximate surface area is 366 Å². The first-order valence-corrected chi connectivity index (χ1v) is 24.9. The molecule has 0 bridgehead atoms. The molecule has 0 aliphatic rings. The maximum Gasteiger partial charge on any atom is 1.00 e. The van der Waals surface area contributed by atoms with Gasteiger partial charge in [0.05, 0.1) is 0 Å². The number of carbonyl (C=O) groups excluding carboxylic acids is 2. The molecule has 6 heteroatoms. The molecular formula is C56H46O4P2+2. The molecule has 0 saturated heterocycles. The van der Waals surface area contributed by atoms with Gasteiger partial charge in [0, 0.05) is 0 Å². The van der Waals surface area contributed by atoms with Gasteiger partial charge in [0.1, 0.15) is 0 Å². The van der Waals surface area contributed by atoms with E-state index in [2.05, 4.69) is 0 Å². The van der Waals surface area contributed by atoms with Gasteiger partial charge in [0.2, 0.25) is 0 Å². The van der Waals surface area contributed by atoms with E-state index >= 15 is 9.59 Å². The second-order valence-electron chi connectivity index (χ2n) is 15.1. The van der Waals surface area contributed by atoms with Gasteiger partial charge in [-0.3, -0.25) is 0 Å². The molecule has 302 valence electrons. The molecular weight excluding hydrogens is 799 g/mol. The Morgan fingerprint density at radius 1 is 0.242 bits per heavy atom. The summed E-state index contributed by atoms with van der Waals surface area (Å²) in [7, 11) is 0. The Morgan fingerprint density at radius 2 is 0.387 bits per heavy atom. The van der Waals surface area contributed by atoms with Crippen molar-refractivity contribution >= 4 is 68.0 Å². The van der Waals surface area contributed by atoms with Crippen molar-refractivity contribution in [3.63, 3.8) is 0 Å². The van der Waals surface area contributed by atoms with E-state index in [1.807, 2.05) is 243 Å². The van der Waals surface area contributed by atoms with E-state index in [-0.39, 0.29) is 14.0 Å². The Hall–Kier alpha value is -7.22. The Morgan fingerprint density at radius 3 is 0.548 bits per heavy atom. The first-order valence-electron chi connectivity index (χ1n) is 20.6. The molecule has 0 fully saturated rings. The Bertz CT molecular complexity index is 2400. The van der Waals surface area contributed by atoms with Crippen molar-refractivity contribution < 1.29 is 21.5 Å². The minimum Gasteiger partial charge on any atom is 1.00 e. The van der Waals surface area contributed by atoms with Crippen LogP contribution in [-0.2, 0) is 9.05 Å². The van der Waals surface area contributed by atoms with Crippen molar-refractivity contribution in [2.75, 3.05) is 0 Å². The van der Waals surface area contributed by atoms with Gasteiger partial charge in [0.25, 0.3) is 0 Å². The largest absolute Gasteiger partial charge is 1.00 e. The summed E-state index contributed by atoms with van der Waals surface area (Å²) >= 11 is 0. The van der Waals surface area contributed by atoms with Crippen molar-refractivity contribution in [1.82, 2.24) is 0 Å². The zero-order valence-corrected chi connectivity index (χ0v) is 35.7. The molecule has 0 unspecified atom stereocenters. The van der Waals surface area contributed by atoms with E-state index in [0.29, 0.717) is 0 Å². The van der Waals surface area contributed by atoms with Gasteiger partial charge in [-0.25, -0.2) is 0 Å². The van der Waals surface area contributed by atoms with Crippen molar-refractivity contribution in [2.24, 2.45) is 0 Å². The smallest absolute Gasteiger partial charge is 1.00 e. The SMILES string of the molecule is O=C(OP(c1ccccc1)(c1ccccc1)(c1ccccc1)c1ccccc1)c1ccccc1C(=O)OP(c1ccccc1)(c1ccccc1)(c1ccccc1)c1ccccc1.[H+].[H+]. The molecule has 0 radical (unpaired) electrons. The van der Waals surface area contributed by atoms with Crippen LogP contribution in [0.2, 0.25) is 0 Å². The van der Waals surface area contributed by atoms with Crippen LogP contribution in [0.5, 0.6) is 0 Å². The second kappa shape index (κ2) is 16.7. The molecule has 0 saturated carbocycles. The van der Waals surface area contributed by atoms with Gasteiger partial charge in [-0.1, -0.05) is 0 Å². The summed E-state index contributed by atoms with van der Waals surface area (Å²) in [6, 6.07) is 87.0. The zero-order valence-electron chi connectivity index (χ0n) is 35.9. The van der Waals surface area contributed by atoms with E-state index in [1.165, 1.54) is 0 Å². The summed E-state index contributed by atoms with van der Waals surface area (Å²) in [5.41, 5.74) is 0.174. The molecule has 0 aliphatic heterocycles. The van der Waals surface area contributed by atoms with E-state index in [4.69, 9.17) is 9.05 Å². The topological polar surface area (TPSA) is 52.6 Å². The predicted octanol–water partition coefficient (Wildman–Crippen LogP) is 9.77. The number of hydrogen-bond acceptors (Lipinski definition) is 4. The van der Waals surface area contributed by atoms with Crippen molar-refractivity contribution in [2.45, 2.75) is 0 Å². The van der Waals surface area contributed by atoms with Crippen LogP contribution in [0.15, 0.2) is 267 Å². The summed E-state index contributed by atoms with van der Waals surface area (Å²) < 4.78 is 15.1. The van der Waals surface area contributed by atoms with E-state index in [9.17, 15) is 0 Å². The van der Waals surface area contributed by atoms with Crippen LogP contribution >= 0.6 is 13.7 Å². The van der Waals surface area contributed by atoms with Crippen molar-refractivity contribution in [3.05, 3.63) is 278 Å². The number of hydrogen-bond donors (Lipinski definition) is 0. The van der Waals surface area contributed by atoms with E-state index < -0.39 is 25.6 Å². The molecule has 0 aromatic heterocycles. The number of rotatable bonds is 12. The van der Waals surface area contributed by atoms with Gasteiger partial charge in [0.15, 0.2) is 0 Å². The quantitative estimate of drug-likeness (QED) is 0.115. The first kappa shape index (κ1) is 40.2. The van der Waals surface area contributed by atoms with Gasteiger partial charge < -0.3 is 0 Å². The molecule has 4 nitrogen and oxygen atoms in total. The van der Waals surface area contributed by atoms with Gasteiger partial charge >= 0.3 is 368 Å². The molecule has 0 spiro atoms. The standard InChI is InChI=1S/C56H44O4P2/c57-55(59-61(45-27-9-1-10-28-45,46-29-11-2-12-30-46,47-31-13-3-14-32-47)48-33-15-4-16-34-48)53-43-25-26-44-54(53)56(58)60-62(49-35-17-5-18-36-49,50-37-19-6-20-38-50,51-39-21-7-22-40-51)52-41-23-8-24-42-52/h1-44H/p+2. The van der Waals surface area contributed by atoms with Gasteiger partial charge in [-0.2, -0.15) is 0 Å². The number of carbonyl (C=O) groups is 2. The Kier molecular flexibility index (Phi) is 10.8. The molecule has 9 aromatic carbocycles. The van der Waals surface area contributed by atoms with Crippen LogP contribution in [0.1, 0.15) is 23.6 Å². The van der Waals surface area contributed by atoms with Crippen LogP contribution < -0.4 is 42.4 Å². The molecule has 0 N–H and O–H groups in total. The predicted molar refractivity (Wildman–Crippen MR) is 262 cm³/mol. The minimum atomic E-state index is -4.47. The number of benzene rings is 9. The van der Waals surface area contributed by atoms with Crippen LogP contribution in [0.3, 0.4) is 0 Å². The van der Waals surface area contributed by atoms with Gasteiger partial charge in [-0.15, -0.1) is 0 Å². The zero-order chi connectivity index (χ0) is 42.3. The average Bonchev–Trinajstić information content (AvgIpc) is 3.37. The van der Waals surface area contributed by atoms with Crippen LogP contribution in [0.4, 0.5) is 0 Å². The summed E-state index contributed by atoms with van der Waals surface area (Å²) in [6.07, 6.45) is 0. The third-order valence-corrected chi connectivity index (χ3v) is 23.2. The third-order valence-electron chi connectivity index (χ3n) is 11.9. The second-order valence-corrected chi connectivity index (χ2v) is 23.7. The van der Waals surface area contributed by atoms with E-state index in [1.54, 1.807) is 24.3 Å². The van der Waals surface area contributed by atoms with Crippen molar-refractivity contribution in [3.8, 4) is 0 Å². The fourth-order valence-corrected chi connectivity index (χ4v) is 20.4. The molecule has 0 amide bonds. The minimum absolute atomic E-state index is 0.